The highest BCUT2D eigenvalue weighted by atomic mass is 35.6. The Morgan fingerprint density at radius 1 is 1.22 bits per heavy atom. The normalized spacial score (nSPS) is 15.0. The maximum Gasteiger partial charge on any atom is 0.349 e. The molecule has 0 aliphatic carbocycles. The lowest BCUT2D eigenvalue weighted by Gasteiger charge is -2.33. The van der Waals surface area contributed by atoms with E-state index in [1.807, 2.05) is 0 Å². The molecule has 0 spiro atoms. The first-order chi connectivity index (χ1) is 8.08. The van der Waals surface area contributed by atoms with Gasteiger partial charge in [-0.25, -0.2) is 4.79 Å². The van der Waals surface area contributed by atoms with Crippen LogP contribution in [0.2, 0.25) is 10.0 Å². The van der Waals surface area contributed by atoms with Gasteiger partial charge in [0.1, 0.15) is 0 Å². The summed E-state index contributed by atoms with van der Waals surface area (Å²) in [5.74, 6) is -1.53. The molecule has 0 aromatic heterocycles. The number of aliphatic carboxylic acids is 1. The SMILES string of the molecule is NC(Nc1ccc(Cl)c(Cl)c1)(C(=O)O)C(Cl)(Cl)Cl. The third-order valence-corrected chi connectivity index (χ3v) is 3.68. The zero-order valence-corrected chi connectivity index (χ0v) is 12.3. The van der Waals surface area contributed by atoms with Gasteiger partial charge in [-0.15, -0.1) is 0 Å². The Hall–Kier alpha value is -0.100. The van der Waals surface area contributed by atoms with Gasteiger partial charge in [0.15, 0.2) is 0 Å². The third kappa shape index (κ3) is 3.26. The number of carboxylic acid groups (broad SMARTS) is 1. The Bertz CT molecular complexity index is 477. The second-order valence-electron chi connectivity index (χ2n) is 3.36. The van der Waals surface area contributed by atoms with Crippen molar-refractivity contribution in [2.75, 3.05) is 5.32 Å². The van der Waals surface area contributed by atoms with E-state index in [0.717, 1.165) is 0 Å². The minimum absolute atomic E-state index is 0.207. The molecule has 4 N–H and O–H groups in total. The number of alkyl halides is 3. The topological polar surface area (TPSA) is 75.3 Å². The highest BCUT2D eigenvalue weighted by molar-refractivity contribution is 6.69. The Morgan fingerprint density at radius 3 is 2.17 bits per heavy atom. The van der Waals surface area contributed by atoms with Crippen molar-refractivity contribution in [3.63, 3.8) is 0 Å². The fraction of sp³-hybridized carbons (Fsp3) is 0.222. The second-order valence-corrected chi connectivity index (χ2v) is 6.46. The Labute approximate surface area is 128 Å². The van der Waals surface area contributed by atoms with Crippen molar-refractivity contribution < 1.29 is 9.90 Å². The minimum atomic E-state index is -2.31. The first-order valence-electron chi connectivity index (χ1n) is 4.40. The number of carbonyl (C=O) groups is 1. The van der Waals surface area contributed by atoms with Gasteiger partial charge in [-0.3, -0.25) is 5.73 Å². The summed E-state index contributed by atoms with van der Waals surface area (Å²) < 4.78 is -2.27. The van der Waals surface area contributed by atoms with Crippen molar-refractivity contribution in [2.45, 2.75) is 9.46 Å². The molecule has 0 bridgehead atoms. The molecule has 0 radical (unpaired) electrons. The van der Waals surface area contributed by atoms with Crippen LogP contribution < -0.4 is 11.1 Å². The van der Waals surface area contributed by atoms with E-state index in [-0.39, 0.29) is 10.7 Å². The highest BCUT2D eigenvalue weighted by Crippen LogP contribution is 2.38. The molecule has 4 nitrogen and oxygen atoms in total. The van der Waals surface area contributed by atoms with E-state index < -0.39 is 15.4 Å². The molecule has 0 amide bonds. The Balaban J connectivity index is 3.12. The quantitative estimate of drug-likeness (QED) is 0.575. The Kier molecular flexibility index (Phi) is 4.87. The molecular formula is C9H7Cl5N2O2. The average molecular weight is 352 g/mol. The van der Waals surface area contributed by atoms with Crippen LogP contribution in [0.1, 0.15) is 0 Å². The second kappa shape index (κ2) is 5.49. The van der Waals surface area contributed by atoms with E-state index in [9.17, 15) is 4.79 Å². The zero-order valence-electron chi connectivity index (χ0n) is 8.55. The van der Waals surface area contributed by atoms with Crippen LogP contribution in [0.5, 0.6) is 0 Å². The number of hydrogen-bond donors (Lipinski definition) is 3. The molecule has 0 heterocycles. The summed E-state index contributed by atoms with van der Waals surface area (Å²) in [6, 6.07) is 4.27. The van der Waals surface area contributed by atoms with Gasteiger partial charge in [-0.2, -0.15) is 0 Å². The number of halogens is 5. The van der Waals surface area contributed by atoms with Crippen molar-refractivity contribution in [1.82, 2.24) is 0 Å². The number of hydrogen-bond acceptors (Lipinski definition) is 3. The van der Waals surface area contributed by atoms with Gasteiger partial charge in [0, 0.05) is 5.69 Å². The number of nitrogens with two attached hydrogens (primary N) is 1. The average Bonchev–Trinajstić information content (AvgIpc) is 2.21. The van der Waals surface area contributed by atoms with Crippen molar-refractivity contribution in [3.05, 3.63) is 28.2 Å². The smallest absolute Gasteiger partial charge is 0.349 e. The molecule has 1 aromatic carbocycles. The van der Waals surface area contributed by atoms with Gasteiger partial charge < -0.3 is 10.4 Å². The minimum Gasteiger partial charge on any atom is -0.478 e. The van der Waals surface area contributed by atoms with Crippen LogP contribution in [0.4, 0.5) is 5.69 Å². The number of nitrogens with one attached hydrogen (secondary N) is 1. The van der Waals surface area contributed by atoms with Crippen LogP contribution in [0.15, 0.2) is 18.2 Å². The number of benzene rings is 1. The summed E-state index contributed by atoms with van der Waals surface area (Å²) in [5.41, 5.74) is 3.50. The monoisotopic (exact) mass is 350 g/mol. The maximum absolute atomic E-state index is 11.1. The predicted octanol–water partition coefficient (Wildman–Crippen LogP) is 3.52. The lowest BCUT2D eigenvalue weighted by Crippen LogP contribution is -2.63. The largest absolute Gasteiger partial charge is 0.478 e. The molecule has 0 saturated carbocycles. The van der Waals surface area contributed by atoms with Gasteiger partial charge in [0.25, 0.3) is 0 Å². The molecular weight excluding hydrogens is 345 g/mol. The van der Waals surface area contributed by atoms with Crippen molar-refractivity contribution in [2.24, 2.45) is 5.73 Å². The molecule has 1 unspecified atom stereocenters. The molecule has 9 heteroatoms. The van der Waals surface area contributed by atoms with Crippen LogP contribution in [-0.2, 0) is 4.79 Å². The summed E-state index contributed by atoms with van der Waals surface area (Å²) in [4.78, 5) is 11.1. The summed E-state index contributed by atoms with van der Waals surface area (Å²) >= 11 is 28.2. The number of carboxylic acids is 1. The van der Waals surface area contributed by atoms with E-state index >= 15 is 0 Å². The van der Waals surface area contributed by atoms with Gasteiger partial charge in [0.2, 0.25) is 9.46 Å². The summed E-state index contributed by atoms with van der Waals surface area (Å²) in [6.45, 7) is 0. The van der Waals surface area contributed by atoms with Crippen LogP contribution in [0, 0.1) is 0 Å². The first kappa shape index (κ1) is 16.0. The van der Waals surface area contributed by atoms with Crippen LogP contribution in [-0.4, -0.2) is 20.5 Å². The Morgan fingerprint density at radius 2 is 1.78 bits per heavy atom. The molecule has 0 saturated heterocycles. The van der Waals surface area contributed by atoms with E-state index in [2.05, 4.69) is 5.32 Å². The molecule has 18 heavy (non-hydrogen) atoms. The summed E-state index contributed by atoms with van der Waals surface area (Å²) in [5, 5.41) is 12.0. The highest BCUT2D eigenvalue weighted by Gasteiger charge is 2.52. The van der Waals surface area contributed by atoms with Gasteiger partial charge in [-0.1, -0.05) is 58.0 Å². The van der Waals surface area contributed by atoms with Crippen LogP contribution >= 0.6 is 58.0 Å². The van der Waals surface area contributed by atoms with E-state index in [1.165, 1.54) is 18.2 Å². The predicted molar refractivity (Wildman–Crippen MR) is 74.9 cm³/mol. The molecule has 100 valence electrons. The fourth-order valence-corrected chi connectivity index (χ4v) is 1.73. The first-order valence-corrected chi connectivity index (χ1v) is 6.29. The summed E-state index contributed by atoms with van der Waals surface area (Å²) in [6.07, 6.45) is 0. The van der Waals surface area contributed by atoms with Gasteiger partial charge in [0.05, 0.1) is 10.0 Å². The van der Waals surface area contributed by atoms with E-state index in [4.69, 9.17) is 68.8 Å². The standard InChI is InChI=1S/C9H7Cl5N2O2/c10-5-2-1-4(3-6(5)11)16-8(15,7(17)18)9(12,13)14/h1-3,16H,15H2,(H,17,18). The van der Waals surface area contributed by atoms with Crippen molar-refractivity contribution >= 4 is 69.7 Å². The number of anilines is 1. The molecule has 1 rings (SSSR count). The zero-order chi connectivity index (χ0) is 14.1. The van der Waals surface area contributed by atoms with E-state index in [1.54, 1.807) is 0 Å². The number of rotatable bonds is 3. The molecule has 0 fully saturated rings. The molecule has 1 aromatic rings. The van der Waals surface area contributed by atoms with Gasteiger partial charge >= 0.3 is 5.97 Å². The lowest BCUT2D eigenvalue weighted by molar-refractivity contribution is -0.142. The molecule has 0 aliphatic rings. The van der Waals surface area contributed by atoms with Crippen molar-refractivity contribution in [3.8, 4) is 0 Å². The van der Waals surface area contributed by atoms with Crippen LogP contribution in [0.25, 0.3) is 0 Å². The molecule has 0 aliphatic heterocycles. The molecule has 1 atom stereocenters. The lowest BCUT2D eigenvalue weighted by atomic mass is 10.2. The van der Waals surface area contributed by atoms with Crippen molar-refractivity contribution in [1.29, 1.82) is 0 Å². The summed E-state index contributed by atoms with van der Waals surface area (Å²) in [7, 11) is 0. The van der Waals surface area contributed by atoms with E-state index in [0.29, 0.717) is 5.02 Å². The third-order valence-electron chi connectivity index (χ3n) is 2.05. The van der Waals surface area contributed by atoms with Crippen LogP contribution in [0.3, 0.4) is 0 Å². The maximum atomic E-state index is 11.1. The van der Waals surface area contributed by atoms with Gasteiger partial charge in [-0.05, 0) is 18.2 Å². The fourth-order valence-electron chi connectivity index (χ4n) is 1.05.